The molecule has 0 bridgehead atoms. The van der Waals surface area contributed by atoms with Crippen LogP contribution in [0.2, 0.25) is 0 Å². The third-order valence-electron chi connectivity index (χ3n) is 5.34. The van der Waals surface area contributed by atoms with Crippen molar-refractivity contribution in [2.75, 3.05) is 27.2 Å². The number of carboxylic acid groups (broad SMARTS) is 1. The average molecular weight is 296 g/mol. The second kappa shape index (κ2) is 6.34. The van der Waals surface area contributed by atoms with Crippen molar-refractivity contribution in [3.8, 4) is 0 Å². The Labute approximate surface area is 127 Å². The summed E-state index contributed by atoms with van der Waals surface area (Å²) in [5, 5.41) is 9.59. The van der Waals surface area contributed by atoms with Gasteiger partial charge in [-0.3, -0.25) is 9.59 Å². The first-order valence-electron chi connectivity index (χ1n) is 8.03. The molecule has 2 aliphatic rings. The molecule has 1 heterocycles. The Balaban J connectivity index is 2.02. The van der Waals surface area contributed by atoms with E-state index in [-0.39, 0.29) is 12.3 Å². The zero-order chi connectivity index (χ0) is 15.6. The summed E-state index contributed by atoms with van der Waals surface area (Å²) in [5.41, 5.74) is -0.811. The number of carbonyl (C=O) groups is 2. The minimum Gasteiger partial charge on any atom is -0.481 e. The van der Waals surface area contributed by atoms with Gasteiger partial charge in [0.2, 0.25) is 5.91 Å². The summed E-state index contributed by atoms with van der Waals surface area (Å²) in [6.45, 7) is 3.63. The Morgan fingerprint density at radius 2 is 1.81 bits per heavy atom. The second-order valence-electron chi connectivity index (χ2n) is 7.13. The summed E-state index contributed by atoms with van der Waals surface area (Å²) < 4.78 is 0. The lowest BCUT2D eigenvalue weighted by atomic mass is 9.71. The van der Waals surface area contributed by atoms with Gasteiger partial charge >= 0.3 is 5.97 Å². The second-order valence-corrected chi connectivity index (χ2v) is 7.13. The van der Waals surface area contributed by atoms with Crippen LogP contribution in [0.5, 0.6) is 0 Å². The van der Waals surface area contributed by atoms with Gasteiger partial charge in [-0.2, -0.15) is 0 Å². The van der Waals surface area contributed by atoms with Gasteiger partial charge in [-0.25, -0.2) is 0 Å². The van der Waals surface area contributed by atoms with E-state index >= 15 is 0 Å². The molecule has 5 heteroatoms. The largest absolute Gasteiger partial charge is 0.481 e. The molecular formula is C16H28N2O3. The number of carbonyl (C=O) groups excluding carboxylic acids is 1. The molecule has 1 aliphatic heterocycles. The Morgan fingerprint density at radius 1 is 1.19 bits per heavy atom. The van der Waals surface area contributed by atoms with Crippen molar-refractivity contribution in [3.05, 3.63) is 0 Å². The highest BCUT2D eigenvalue weighted by molar-refractivity contribution is 5.85. The number of hydrogen-bond acceptors (Lipinski definition) is 3. The molecule has 120 valence electrons. The molecule has 1 saturated carbocycles. The molecule has 2 atom stereocenters. The number of rotatable bonds is 4. The predicted molar refractivity (Wildman–Crippen MR) is 81.0 cm³/mol. The highest BCUT2D eigenvalue weighted by atomic mass is 16.4. The van der Waals surface area contributed by atoms with Crippen LogP contribution >= 0.6 is 0 Å². The van der Waals surface area contributed by atoms with Crippen molar-refractivity contribution in [2.45, 2.75) is 51.5 Å². The minimum absolute atomic E-state index is 0.0236. The maximum atomic E-state index is 12.6. The zero-order valence-electron chi connectivity index (χ0n) is 13.5. The summed E-state index contributed by atoms with van der Waals surface area (Å²) >= 11 is 0. The van der Waals surface area contributed by atoms with Crippen molar-refractivity contribution in [1.29, 1.82) is 0 Å². The molecule has 1 aliphatic carbocycles. The van der Waals surface area contributed by atoms with Crippen LogP contribution in [0.4, 0.5) is 0 Å². The van der Waals surface area contributed by atoms with Crippen molar-refractivity contribution in [3.63, 3.8) is 0 Å². The van der Waals surface area contributed by atoms with E-state index in [0.717, 1.165) is 32.4 Å². The average Bonchev–Trinajstić information content (AvgIpc) is 2.82. The van der Waals surface area contributed by atoms with Crippen molar-refractivity contribution < 1.29 is 14.7 Å². The molecule has 21 heavy (non-hydrogen) atoms. The summed E-state index contributed by atoms with van der Waals surface area (Å²) in [5.74, 6) is -0.321. The van der Waals surface area contributed by atoms with E-state index in [1.54, 1.807) is 0 Å². The number of amides is 1. The molecule has 0 radical (unpaired) electrons. The fourth-order valence-electron chi connectivity index (χ4n) is 3.92. The number of hydrogen-bond donors (Lipinski definition) is 1. The molecule has 5 nitrogen and oxygen atoms in total. The Morgan fingerprint density at radius 3 is 2.29 bits per heavy atom. The van der Waals surface area contributed by atoms with Gasteiger partial charge in [0.05, 0.1) is 5.41 Å². The maximum Gasteiger partial charge on any atom is 0.310 e. The molecule has 1 N–H and O–H groups in total. The quantitative estimate of drug-likeness (QED) is 0.859. The number of aliphatic carboxylic acids is 1. The molecule has 0 spiro atoms. The van der Waals surface area contributed by atoms with Crippen LogP contribution in [-0.2, 0) is 9.59 Å². The third kappa shape index (κ3) is 3.39. The smallest absolute Gasteiger partial charge is 0.310 e. The van der Waals surface area contributed by atoms with Crippen LogP contribution < -0.4 is 0 Å². The highest BCUT2D eigenvalue weighted by Gasteiger charge is 2.44. The first kappa shape index (κ1) is 16.3. The lowest BCUT2D eigenvalue weighted by molar-refractivity contribution is -0.155. The van der Waals surface area contributed by atoms with E-state index in [1.165, 1.54) is 0 Å². The SMILES string of the molecule is CC1CN(C(=O)CC2(C(=O)O)CCCCC2)CC1N(C)C. The summed E-state index contributed by atoms with van der Waals surface area (Å²) in [6, 6.07) is 0.376. The Bertz CT molecular complexity index is 402. The first-order valence-corrected chi connectivity index (χ1v) is 8.03. The van der Waals surface area contributed by atoms with E-state index in [9.17, 15) is 14.7 Å². The number of nitrogens with zero attached hydrogens (tertiary/aromatic N) is 2. The van der Waals surface area contributed by atoms with Gasteiger partial charge < -0.3 is 14.9 Å². The van der Waals surface area contributed by atoms with Crippen LogP contribution in [0.25, 0.3) is 0 Å². The number of likely N-dealkylation sites (N-methyl/N-ethyl adjacent to an activating group) is 1. The van der Waals surface area contributed by atoms with E-state index in [0.29, 0.717) is 24.8 Å². The lowest BCUT2D eigenvalue weighted by Gasteiger charge is -2.34. The molecule has 1 saturated heterocycles. The molecule has 2 unspecified atom stereocenters. The maximum absolute atomic E-state index is 12.6. The molecule has 2 rings (SSSR count). The van der Waals surface area contributed by atoms with Crippen LogP contribution in [0.15, 0.2) is 0 Å². The van der Waals surface area contributed by atoms with Gasteiger partial charge in [0.25, 0.3) is 0 Å². The summed E-state index contributed by atoms with van der Waals surface area (Å²) in [7, 11) is 4.07. The standard InChI is InChI=1S/C16H28N2O3/c1-12-10-18(11-13(12)17(2)3)14(19)9-16(15(20)21)7-5-4-6-8-16/h12-13H,4-11H2,1-3H3,(H,20,21). The van der Waals surface area contributed by atoms with Gasteiger partial charge in [-0.05, 0) is 32.9 Å². The van der Waals surface area contributed by atoms with Crippen LogP contribution in [0.3, 0.4) is 0 Å². The third-order valence-corrected chi connectivity index (χ3v) is 5.34. The van der Waals surface area contributed by atoms with Gasteiger partial charge in [0, 0.05) is 25.6 Å². The van der Waals surface area contributed by atoms with Crippen molar-refractivity contribution in [1.82, 2.24) is 9.80 Å². The predicted octanol–water partition coefficient (Wildman–Crippen LogP) is 1.82. The molecule has 0 aromatic heterocycles. The number of carboxylic acids is 1. The van der Waals surface area contributed by atoms with Gasteiger partial charge in [0.15, 0.2) is 0 Å². The van der Waals surface area contributed by atoms with E-state index in [2.05, 4.69) is 11.8 Å². The van der Waals surface area contributed by atoms with Crippen molar-refractivity contribution in [2.24, 2.45) is 11.3 Å². The van der Waals surface area contributed by atoms with Gasteiger partial charge in [0.1, 0.15) is 0 Å². The van der Waals surface area contributed by atoms with Crippen LogP contribution in [0.1, 0.15) is 45.4 Å². The molecule has 0 aromatic rings. The molecule has 2 fully saturated rings. The van der Waals surface area contributed by atoms with E-state index < -0.39 is 11.4 Å². The van der Waals surface area contributed by atoms with E-state index in [1.807, 2.05) is 19.0 Å². The van der Waals surface area contributed by atoms with Crippen LogP contribution in [-0.4, -0.2) is 60.0 Å². The van der Waals surface area contributed by atoms with Crippen LogP contribution in [0, 0.1) is 11.3 Å². The fraction of sp³-hybridized carbons (Fsp3) is 0.875. The fourth-order valence-corrected chi connectivity index (χ4v) is 3.92. The highest BCUT2D eigenvalue weighted by Crippen LogP contribution is 2.40. The normalized spacial score (nSPS) is 28.9. The lowest BCUT2D eigenvalue weighted by Crippen LogP contribution is -2.41. The Kier molecular flexibility index (Phi) is 4.91. The first-order chi connectivity index (χ1) is 9.85. The number of likely N-dealkylation sites (tertiary alicyclic amines) is 1. The monoisotopic (exact) mass is 296 g/mol. The zero-order valence-corrected chi connectivity index (χ0v) is 13.5. The summed E-state index contributed by atoms with van der Waals surface area (Å²) in [4.78, 5) is 28.3. The van der Waals surface area contributed by atoms with Crippen molar-refractivity contribution >= 4 is 11.9 Å². The molecule has 0 aromatic carbocycles. The Hall–Kier alpha value is -1.10. The van der Waals surface area contributed by atoms with Gasteiger partial charge in [-0.15, -0.1) is 0 Å². The topological polar surface area (TPSA) is 60.9 Å². The molecule has 1 amide bonds. The molecular weight excluding hydrogens is 268 g/mol. The summed E-state index contributed by atoms with van der Waals surface area (Å²) in [6.07, 6.45) is 4.41. The van der Waals surface area contributed by atoms with Gasteiger partial charge in [-0.1, -0.05) is 26.2 Å². The van der Waals surface area contributed by atoms with E-state index in [4.69, 9.17) is 0 Å². The minimum atomic E-state index is -0.811.